The molecule has 2 fully saturated rings. The molecule has 1 aromatic carbocycles. The van der Waals surface area contributed by atoms with Gasteiger partial charge < -0.3 is 20.1 Å². The highest BCUT2D eigenvalue weighted by Gasteiger charge is 2.56. The van der Waals surface area contributed by atoms with Crippen LogP contribution < -0.4 is 0 Å². The van der Waals surface area contributed by atoms with Gasteiger partial charge in [0.05, 0.1) is 31.2 Å². The van der Waals surface area contributed by atoms with Crippen LogP contribution in [0.3, 0.4) is 0 Å². The molecule has 7 heteroatoms. The highest BCUT2D eigenvalue weighted by atomic mass is 16.5. The van der Waals surface area contributed by atoms with Crippen LogP contribution in [0.5, 0.6) is 5.75 Å². The van der Waals surface area contributed by atoms with E-state index in [9.17, 15) is 24.9 Å². The van der Waals surface area contributed by atoms with Crippen molar-refractivity contribution < 1.29 is 29.6 Å². The zero-order chi connectivity index (χ0) is 26.5. The van der Waals surface area contributed by atoms with Gasteiger partial charge in [0.25, 0.3) is 0 Å². The molecule has 0 aromatic heterocycles. The molecule has 2 amide bonds. The minimum absolute atomic E-state index is 0.0462. The number of likely N-dealkylation sites (tertiary alicyclic amines) is 1. The average Bonchev–Trinajstić information content (AvgIpc) is 3.16. The first-order chi connectivity index (χ1) is 17.9. The fraction of sp³-hybridized carbons (Fsp3) is 0.600. The van der Waals surface area contributed by atoms with Crippen molar-refractivity contribution in [2.45, 2.75) is 76.9 Å². The van der Waals surface area contributed by atoms with E-state index < -0.39 is 23.9 Å². The van der Waals surface area contributed by atoms with Gasteiger partial charge in [-0.15, -0.1) is 0 Å². The van der Waals surface area contributed by atoms with Crippen LogP contribution in [0.1, 0.15) is 70.3 Å². The third kappa shape index (κ3) is 5.84. The van der Waals surface area contributed by atoms with Crippen LogP contribution in [0, 0.1) is 17.8 Å². The van der Waals surface area contributed by atoms with Crippen molar-refractivity contribution in [3.05, 3.63) is 46.5 Å². The molecule has 0 unspecified atom stereocenters. The summed E-state index contributed by atoms with van der Waals surface area (Å²) in [5.41, 5.74) is 3.65. The molecule has 1 aliphatic heterocycles. The van der Waals surface area contributed by atoms with Gasteiger partial charge in [0.15, 0.2) is 0 Å². The molecule has 0 radical (unpaired) electrons. The summed E-state index contributed by atoms with van der Waals surface area (Å²) in [4.78, 5) is 28.6. The number of carbonyl (C=O) groups is 2. The van der Waals surface area contributed by atoms with Gasteiger partial charge in [-0.25, -0.2) is 0 Å². The number of hydrogen-bond acceptors (Lipinski definition) is 6. The number of fused-ring (bicyclic) bond motifs is 1. The van der Waals surface area contributed by atoms with Gasteiger partial charge >= 0.3 is 0 Å². The van der Waals surface area contributed by atoms with E-state index in [0.717, 1.165) is 55.2 Å². The lowest BCUT2D eigenvalue weighted by molar-refractivity contribution is -0.143. The summed E-state index contributed by atoms with van der Waals surface area (Å²) in [7, 11) is 1.59. The van der Waals surface area contributed by atoms with Gasteiger partial charge in [0.1, 0.15) is 5.75 Å². The summed E-state index contributed by atoms with van der Waals surface area (Å²) in [5.74, 6) is -1.78. The Bertz CT molecular complexity index is 1020. The Hall–Kier alpha value is -2.48. The summed E-state index contributed by atoms with van der Waals surface area (Å²) < 4.78 is 5.45. The molecule has 7 nitrogen and oxygen atoms in total. The van der Waals surface area contributed by atoms with Crippen LogP contribution in [0.15, 0.2) is 41.0 Å². The van der Waals surface area contributed by atoms with Crippen molar-refractivity contribution in [2.75, 3.05) is 20.3 Å². The molecule has 2 aliphatic carbocycles. The number of nitrogens with zero attached hydrogens (tertiary/aromatic N) is 1. The van der Waals surface area contributed by atoms with Gasteiger partial charge in [-0.2, -0.15) is 0 Å². The molecule has 1 saturated heterocycles. The number of amides is 2. The van der Waals surface area contributed by atoms with E-state index in [1.54, 1.807) is 19.2 Å². The topological polar surface area (TPSA) is 107 Å². The van der Waals surface area contributed by atoms with Gasteiger partial charge in [0, 0.05) is 19.1 Å². The number of hydrogen-bond donors (Lipinski definition) is 3. The van der Waals surface area contributed by atoms with E-state index in [1.165, 1.54) is 4.90 Å². The number of phenolic OH excluding ortho intramolecular Hbond substituents is 1. The van der Waals surface area contributed by atoms with E-state index in [1.807, 2.05) is 12.1 Å². The van der Waals surface area contributed by atoms with Crippen LogP contribution in [-0.2, 0) is 14.3 Å². The largest absolute Gasteiger partial charge is 0.508 e. The molecule has 202 valence electrons. The number of allylic oxidation sites excluding steroid dienone is 1. The first kappa shape index (κ1) is 27.6. The molecule has 0 bridgehead atoms. The van der Waals surface area contributed by atoms with Gasteiger partial charge in [-0.05, 0) is 67.4 Å². The fourth-order valence-corrected chi connectivity index (χ4v) is 6.62. The number of benzene rings is 1. The number of aliphatic hydroxyl groups is 2. The molecule has 1 aromatic rings. The van der Waals surface area contributed by atoms with Crippen molar-refractivity contribution in [3.63, 3.8) is 0 Å². The SMILES string of the molecule is CC/C(=C\c1ccc(O)cc1)CC[C@@H](O)C1=C(COC)C[C@H]2C(=O)N(C3CCCCC3)C(=O)[C@H]2[C@H]1CO. The summed E-state index contributed by atoms with van der Waals surface area (Å²) in [6.07, 6.45) is 8.40. The minimum atomic E-state index is -0.843. The molecule has 4 rings (SSSR count). The number of phenols is 1. The average molecular weight is 512 g/mol. The normalized spacial score (nSPS) is 26.1. The molecule has 3 aliphatic rings. The zero-order valence-corrected chi connectivity index (χ0v) is 22.1. The maximum Gasteiger partial charge on any atom is 0.234 e. The zero-order valence-electron chi connectivity index (χ0n) is 22.1. The number of aromatic hydroxyl groups is 1. The van der Waals surface area contributed by atoms with Gasteiger partial charge in [0.2, 0.25) is 11.8 Å². The van der Waals surface area contributed by atoms with Crippen LogP contribution in [0.25, 0.3) is 6.08 Å². The minimum Gasteiger partial charge on any atom is -0.508 e. The van der Waals surface area contributed by atoms with E-state index in [-0.39, 0.29) is 36.8 Å². The van der Waals surface area contributed by atoms with Crippen LogP contribution in [0.4, 0.5) is 0 Å². The van der Waals surface area contributed by atoms with Gasteiger partial charge in [-0.1, -0.05) is 50.0 Å². The maximum atomic E-state index is 13.6. The number of ether oxygens (including phenoxy) is 1. The second-order valence-electron chi connectivity index (χ2n) is 10.8. The van der Waals surface area contributed by atoms with Crippen LogP contribution in [-0.4, -0.2) is 64.5 Å². The lowest BCUT2D eigenvalue weighted by atomic mass is 9.68. The lowest BCUT2D eigenvalue weighted by Gasteiger charge is -2.36. The molecular weight excluding hydrogens is 470 g/mol. The van der Waals surface area contributed by atoms with E-state index in [4.69, 9.17) is 4.74 Å². The Kier molecular flexibility index (Phi) is 9.22. The molecule has 0 spiro atoms. The van der Waals surface area contributed by atoms with Crippen molar-refractivity contribution in [1.29, 1.82) is 0 Å². The van der Waals surface area contributed by atoms with Crippen molar-refractivity contribution in [1.82, 2.24) is 4.90 Å². The number of imide groups is 1. The predicted octanol–water partition coefficient (Wildman–Crippen LogP) is 4.22. The Morgan fingerprint density at radius 1 is 1.14 bits per heavy atom. The summed E-state index contributed by atoms with van der Waals surface area (Å²) >= 11 is 0. The fourth-order valence-electron chi connectivity index (χ4n) is 6.62. The summed E-state index contributed by atoms with van der Waals surface area (Å²) in [6, 6.07) is 6.96. The Morgan fingerprint density at radius 3 is 2.46 bits per heavy atom. The van der Waals surface area contributed by atoms with Crippen LogP contribution in [0.2, 0.25) is 0 Å². The number of aliphatic hydroxyl groups excluding tert-OH is 2. The lowest BCUT2D eigenvalue weighted by Crippen LogP contribution is -2.42. The highest BCUT2D eigenvalue weighted by Crippen LogP contribution is 2.47. The highest BCUT2D eigenvalue weighted by molar-refractivity contribution is 6.06. The van der Waals surface area contributed by atoms with Crippen LogP contribution >= 0.6 is 0 Å². The first-order valence-corrected chi connectivity index (χ1v) is 13.7. The molecule has 1 heterocycles. The molecule has 1 saturated carbocycles. The number of methoxy groups -OCH3 is 1. The molecular formula is C30H41NO6. The predicted molar refractivity (Wildman–Crippen MR) is 141 cm³/mol. The summed E-state index contributed by atoms with van der Waals surface area (Å²) in [5, 5.41) is 31.4. The van der Waals surface area contributed by atoms with E-state index in [0.29, 0.717) is 24.8 Å². The standard InChI is InChI=1S/C30H41NO6/c1-3-19(15-20-9-12-23(33)13-10-20)11-14-26(34)27-21(18-37-2)16-24-28(25(27)17-32)30(36)31(29(24)35)22-7-5-4-6-8-22/h9-10,12-13,15,22,24-26,28,32-34H,3-8,11,14,16-18H2,1-2H3/b19-15+/t24-,25+,26-,28-/m1/s1. The smallest absolute Gasteiger partial charge is 0.234 e. The number of rotatable bonds is 10. The second kappa shape index (κ2) is 12.4. The van der Waals surface area contributed by atoms with E-state index >= 15 is 0 Å². The van der Waals surface area contributed by atoms with Gasteiger partial charge in [-0.3, -0.25) is 14.5 Å². The Labute approximate surface area is 219 Å². The van der Waals surface area contributed by atoms with Crippen molar-refractivity contribution in [2.24, 2.45) is 17.8 Å². The summed E-state index contributed by atoms with van der Waals surface area (Å²) in [6.45, 7) is 2.04. The first-order valence-electron chi connectivity index (χ1n) is 13.7. The quantitative estimate of drug-likeness (QED) is 0.321. The third-order valence-corrected chi connectivity index (χ3v) is 8.49. The van der Waals surface area contributed by atoms with Crippen molar-refractivity contribution >= 4 is 17.9 Å². The monoisotopic (exact) mass is 511 g/mol. The molecule has 3 N–H and O–H groups in total. The third-order valence-electron chi connectivity index (χ3n) is 8.49. The Balaban J connectivity index is 1.55. The maximum absolute atomic E-state index is 13.6. The van der Waals surface area contributed by atoms with Crippen molar-refractivity contribution in [3.8, 4) is 5.75 Å². The second-order valence-corrected chi connectivity index (χ2v) is 10.8. The number of carbonyl (C=O) groups excluding carboxylic acids is 2. The molecule has 37 heavy (non-hydrogen) atoms. The molecule has 4 atom stereocenters. The van der Waals surface area contributed by atoms with E-state index in [2.05, 4.69) is 13.0 Å². The Morgan fingerprint density at radius 2 is 1.84 bits per heavy atom.